The van der Waals surface area contributed by atoms with Crippen LogP contribution < -0.4 is 9.80 Å². The molecule has 306 valence electrons. The molecule has 0 bridgehead atoms. The third-order valence-corrected chi connectivity index (χ3v) is 14.8. The van der Waals surface area contributed by atoms with Crippen molar-refractivity contribution in [1.82, 2.24) is 0 Å². The van der Waals surface area contributed by atoms with Crippen molar-refractivity contribution in [3.8, 4) is 22.3 Å². The van der Waals surface area contributed by atoms with Crippen LogP contribution in [0, 0.1) is 11.8 Å². The summed E-state index contributed by atoms with van der Waals surface area (Å²) >= 11 is 0. The molecule has 3 aliphatic carbocycles. The molecule has 1 aromatic heterocycles. The number of nitrogens with zero attached hydrogens (tertiary/aromatic N) is 2. The standard InChI is InChI=1S/C61H46N2O/c1-4-14-41(15-5-1)42-26-28-43(29-27-42)44-30-34-51(35-31-44)62(49-18-6-2-7-19-49)55-23-12-16-45-38-47-32-33-48-39-46-17-13-24-56(60(46)61(47,48)59(45)55)63(50-20-8-3-9-21-50)52-36-37-54-53-22-10-11-25-57(53)64-58(54)40-52/h1-31,34-37,40,47-48H,32-33,38-39H2. The lowest BCUT2D eigenvalue weighted by molar-refractivity contribution is 0.350. The van der Waals surface area contributed by atoms with Gasteiger partial charge in [0.15, 0.2) is 0 Å². The quantitative estimate of drug-likeness (QED) is 0.152. The van der Waals surface area contributed by atoms with Crippen LogP contribution >= 0.6 is 0 Å². The monoisotopic (exact) mass is 822 g/mol. The number of benzene rings is 9. The number of hydrogen-bond acceptors (Lipinski definition) is 3. The Morgan fingerprint density at radius 3 is 1.38 bits per heavy atom. The fourth-order valence-electron chi connectivity index (χ4n) is 12.2. The molecular formula is C61H46N2O. The van der Waals surface area contributed by atoms with Gasteiger partial charge in [0.05, 0.1) is 11.4 Å². The summed E-state index contributed by atoms with van der Waals surface area (Å²) < 4.78 is 6.54. The molecule has 1 fully saturated rings. The minimum atomic E-state index is -0.151. The highest BCUT2D eigenvalue weighted by molar-refractivity contribution is 6.06. The van der Waals surface area contributed by atoms with E-state index in [1.54, 1.807) is 0 Å². The fourth-order valence-corrected chi connectivity index (χ4v) is 12.2. The van der Waals surface area contributed by atoms with Gasteiger partial charge in [-0.15, -0.1) is 0 Å². The predicted octanol–water partition coefficient (Wildman–Crippen LogP) is 16.3. The van der Waals surface area contributed by atoms with E-state index < -0.39 is 0 Å². The Hall–Kier alpha value is -7.62. The molecule has 13 rings (SSSR count). The normalized spacial score (nSPS) is 18.1. The lowest BCUT2D eigenvalue weighted by atomic mass is 9.68. The first-order valence-corrected chi connectivity index (χ1v) is 22.8. The molecule has 9 aromatic carbocycles. The van der Waals surface area contributed by atoms with E-state index in [2.05, 4.69) is 228 Å². The van der Waals surface area contributed by atoms with E-state index in [0.717, 1.165) is 51.8 Å². The summed E-state index contributed by atoms with van der Waals surface area (Å²) in [6.07, 6.45) is 4.63. The summed E-state index contributed by atoms with van der Waals surface area (Å²) in [6.45, 7) is 0. The van der Waals surface area contributed by atoms with E-state index in [-0.39, 0.29) is 5.41 Å². The molecule has 1 heterocycles. The predicted molar refractivity (Wildman–Crippen MR) is 265 cm³/mol. The smallest absolute Gasteiger partial charge is 0.137 e. The second-order valence-corrected chi connectivity index (χ2v) is 18.0. The zero-order chi connectivity index (χ0) is 42.2. The molecule has 3 nitrogen and oxygen atoms in total. The van der Waals surface area contributed by atoms with E-state index in [0.29, 0.717) is 11.8 Å². The van der Waals surface area contributed by atoms with Crippen LogP contribution in [0.3, 0.4) is 0 Å². The summed E-state index contributed by atoms with van der Waals surface area (Å²) in [6, 6.07) is 80.2. The average molecular weight is 823 g/mol. The molecule has 10 aromatic rings. The number of rotatable bonds is 8. The zero-order valence-corrected chi connectivity index (χ0v) is 35.6. The van der Waals surface area contributed by atoms with E-state index in [4.69, 9.17) is 4.42 Å². The Morgan fingerprint density at radius 2 is 0.797 bits per heavy atom. The lowest BCUT2D eigenvalue weighted by Gasteiger charge is -2.40. The van der Waals surface area contributed by atoms with Gasteiger partial charge in [-0.1, -0.05) is 146 Å². The minimum absolute atomic E-state index is 0.151. The minimum Gasteiger partial charge on any atom is -0.456 e. The molecule has 0 amide bonds. The van der Waals surface area contributed by atoms with Crippen molar-refractivity contribution >= 4 is 56.1 Å². The maximum Gasteiger partial charge on any atom is 0.137 e. The van der Waals surface area contributed by atoms with E-state index in [1.165, 1.54) is 74.4 Å². The lowest BCUT2D eigenvalue weighted by Crippen LogP contribution is -2.34. The maximum atomic E-state index is 6.54. The van der Waals surface area contributed by atoms with Gasteiger partial charge in [0.1, 0.15) is 11.2 Å². The highest BCUT2D eigenvalue weighted by Gasteiger charge is 2.62. The number of anilines is 6. The summed E-state index contributed by atoms with van der Waals surface area (Å²) in [4.78, 5) is 5.05. The summed E-state index contributed by atoms with van der Waals surface area (Å²) in [5.41, 5.74) is 19.7. The van der Waals surface area contributed by atoms with Gasteiger partial charge in [-0.05, 0) is 149 Å². The first kappa shape index (κ1) is 37.0. The number of furan rings is 1. The van der Waals surface area contributed by atoms with Crippen LogP contribution in [0.15, 0.2) is 223 Å². The van der Waals surface area contributed by atoms with Gasteiger partial charge in [0, 0.05) is 45.0 Å². The Kier molecular flexibility index (Phi) is 8.52. The highest BCUT2D eigenvalue weighted by Crippen LogP contribution is 2.69. The van der Waals surface area contributed by atoms with Crippen molar-refractivity contribution in [2.24, 2.45) is 11.8 Å². The maximum absolute atomic E-state index is 6.54. The van der Waals surface area contributed by atoms with Gasteiger partial charge in [-0.2, -0.15) is 0 Å². The summed E-state index contributed by atoms with van der Waals surface area (Å²) in [5, 5.41) is 2.29. The third kappa shape index (κ3) is 5.67. The molecule has 3 aliphatic rings. The van der Waals surface area contributed by atoms with E-state index in [9.17, 15) is 0 Å². The number of fused-ring (bicyclic) bond motifs is 5. The van der Waals surface area contributed by atoms with Crippen LogP contribution in [-0.4, -0.2) is 0 Å². The SMILES string of the molecule is c1ccc(-c2ccc(-c3ccc(N(c4ccccc4)c4cccc5c4C46c7c(cccc7N(c7ccccc7)c7ccc8c(c7)oc7ccccc78)CC4CCC6C5)cc3)cc2)cc1. The van der Waals surface area contributed by atoms with Gasteiger partial charge in [0.2, 0.25) is 0 Å². The molecule has 0 saturated heterocycles. The van der Waals surface area contributed by atoms with E-state index >= 15 is 0 Å². The molecule has 64 heavy (non-hydrogen) atoms. The fraction of sp³-hybridized carbons (Fsp3) is 0.115. The molecule has 0 aliphatic heterocycles. The molecule has 3 heteroatoms. The number of hydrogen-bond donors (Lipinski definition) is 0. The summed E-state index contributed by atoms with van der Waals surface area (Å²) in [7, 11) is 0. The molecule has 3 atom stereocenters. The Balaban J connectivity index is 0.972. The Morgan fingerprint density at radius 1 is 0.359 bits per heavy atom. The van der Waals surface area contributed by atoms with Gasteiger partial charge < -0.3 is 14.2 Å². The van der Waals surface area contributed by atoms with Crippen LogP contribution in [0.25, 0.3) is 44.2 Å². The molecule has 1 spiro atoms. The molecular weight excluding hydrogens is 777 g/mol. The average Bonchev–Trinajstić information content (AvgIpc) is 4.10. The molecule has 3 unspecified atom stereocenters. The molecule has 0 radical (unpaired) electrons. The van der Waals surface area contributed by atoms with Crippen molar-refractivity contribution in [3.05, 3.63) is 241 Å². The topological polar surface area (TPSA) is 19.6 Å². The van der Waals surface area contributed by atoms with Gasteiger partial charge >= 0.3 is 0 Å². The van der Waals surface area contributed by atoms with Crippen molar-refractivity contribution < 1.29 is 4.42 Å². The molecule has 0 N–H and O–H groups in total. The van der Waals surface area contributed by atoms with Crippen molar-refractivity contribution in [3.63, 3.8) is 0 Å². The third-order valence-electron chi connectivity index (χ3n) is 14.8. The second-order valence-electron chi connectivity index (χ2n) is 18.0. The van der Waals surface area contributed by atoms with Gasteiger partial charge in [-0.3, -0.25) is 0 Å². The van der Waals surface area contributed by atoms with Crippen LogP contribution in [-0.2, 0) is 18.3 Å². The Bertz CT molecular complexity index is 3330. The van der Waals surface area contributed by atoms with E-state index in [1.807, 2.05) is 0 Å². The highest BCUT2D eigenvalue weighted by atomic mass is 16.3. The van der Waals surface area contributed by atoms with Gasteiger partial charge in [0.25, 0.3) is 0 Å². The molecule has 1 saturated carbocycles. The summed E-state index contributed by atoms with van der Waals surface area (Å²) in [5.74, 6) is 1.01. The second kappa shape index (κ2) is 14.7. The Labute approximate surface area is 374 Å². The van der Waals surface area contributed by atoms with Crippen molar-refractivity contribution in [1.29, 1.82) is 0 Å². The first-order chi connectivity index (χ1) is 31.7. The van der Waals surface area contributed by atoms with Crippen molar-refractivity contribution in [2.45, 2.75) is 31.1 Å². The van der Waals surface area contributed by atoms with Crippen LogP contribution in [0.2, 0.25) is 0 Å². The largest absolute Gasteiger partial charge is 0.456 e. The van der Waals surface area contributed by atoms with Crippen LogP contribution in [0.5, 0.6) is 0 Å². The van der Waals surface area contributed by atoms with Crippen molar-refractivity contribution in [2.75, 3.05) is 9.80 Å². The number of para-hydroxylation sites is 3. The van der Waals surface area contributed by atoms with Gasteiger partial charge in [-0.25, -0.2) is 0 Å². The first-order valence-electron chi connectivity index (χ1n) is 22.8. The van der Waals surface area contributed by atoms with Crippen LogP contribution in [0.1, 0.15) is 35.1 Å². The van der Waals surface area contributed by atoms with Crippen LogP contribution in [0.4, 0.5) is 34.1 Å². The zero-order valence-electron chi connectivity index (χ0n) is 35.6.